The number of urea groups is 1. The van der Waals surface area contributed by atoms with Crippen LogP contribution in [0.15, 0.2) is 30.3 Å². The quantitative estimate of drug-likeness (QED) is 0.892. The van der Waals surface area contributed by atoms with E-state index >= 15 is 0 Å². The molecule has 2 N–H and O–H groups in total. The number of benzene rings is 1. The molecule has 1 aromatic carbocycles. The van der Waals surface area contributed by atoms with Crippen LogP contribution in [0.4, 0.5) is 4.79 Å². The Morgan fingerprint density at radius 1 is 1.29 bits per heavy atom. The summed E-state index contributed by atoms with van der Waals surface area (Å²) in [6.07, 6.45) is 4.78. The number of hydrogen-bond donors (Lipinski definition) is 2. The maximum atomic E-state index is 12.5. The zero-order chi connectivity index (χ0) is 17.2. The molecule has 2 aliphatic rings. The van der Waals surface area contributed by atoms with Gasteiger partial charge >= 0.3 is 12.0 Å². The summed E-state index contributed by atoms with van der Waals surface area (Å²) in [7, 11) is 0. The van der Waals surface area contributed by atoms with Crippen LogP contribution in [0.1, 0.15) is 38.2 Å². The van der Waals surface area contributed by atoms with Gasteiger partial charge < -0.3 is 15.3 Å². The van der Waals surface area contributed by atoms with Crippen LogP contribution in [0, 0.1) is 11.3 Å². The van der Waals surface area contributed by atoms with Crippen LogP contribution in [0.5, 0.6) is 0 Å². The van der Waals surface area contributed by atoms with Crippen molar-refractivity contribution in [2.45, 2.75) is 45.1 Å². The number of carboxylic acid groups (broad SMARTS) is 1. The molecule has 0 bridgehead atoms. The smallest absolute Gasteiger partial charge is 0.317 e. The number of hydrogen-bond acceptors (Lipinski definition) is 2. The summed E-state index contributed by atoms with van der Waals surface area (Å²) < 4.78 is 0. The van der Waals surface area contributed by atoms with Crippen molar-refractivity contribution in [1.29, 1.82) is 0 Å². The molecule has 1 aliphatic carbocycles. The lowest BCUT2D eigenvalue weighted by molar-refractivity contribution is -0.147. The van der Waals surface area contributed by atoms with E-state index in [2.05, 4.69) is 29.6 Å². The lowest BCUT2D eigenvalue weighted by Gasteiger charge is -2.26. The van der Waals surface area contributed by atoms with Gasteiger partial charge in [0.15, 0.2) is 0 Å². The standard InChI is InChI=1S/C19H26N2O3/c1-19(17(22)23)10-11-21(13-19)18(24)20-16-9-5-8-15(16)12-14-6-3-2-4-7-14/h2-4,6-7,15-16H,5,8-13H2,1H3,(H,20,24)(H,22,23). The number of nitrogens with zero attached hydrogens (tertiary/aromatic N) is 1. The van der Waals surface area contributed by atoms with Crippen molar-refractivity contribution in [3.8, 4) is 0 Å². The summed E-state index contributed by atoms with van der Waals surface area (Å²) in [4.78, 5) is 25.5. The predicted octanol–water partition coefficient (Wildman–Crippen LogP) is 2.90. The Kier molecular flexibility index (Phi) is 4.78. The zero-order valence-corrected chi connectivity index (χ0v) is 14.2. The van der Waals surface area contributed by atoms with Gasteiger partial charge in [-0.05, 0) is 44.1 Å². The SMILES string of the molecule is CC1(C(=O)O)CCN(C(=O)NC2CCCC2Cc2ccccc2)C1. The molecular formula is C19H26N2O3. The molecule has 2 fully saturated rings. The molecule has 1 aliphatic heterocycles. The van der Waals surface area contributed by atoms with Crippen LogP contribution >= 0.6 is 0 Å². The van der Waals surface area contributed by atoms with E-state index in [-0.39, 0.29) is 12.1 Å². The van der Waals surface area contributed by atoms with Gasteiger partial charge in [-0.15, -0.1) is 0 Å². The van der Waals surface area contributed by atoms with Gasteiger partial charge in [-0.3, -0.25) is 4.79 Å². The van der Waals surface area contributed by atoms with Gasteiger partial charge in [0.05, 0.1) is 5.41 Å². The first kappa shape index (κ1) is 16.8. The number of likely N-dealkylation sites (tertiary alicyclic amines) is 1. The van der Waals surface area contributed by atoms with Crippen LogP contribution in [0.25, 0.3) is 0 Å². The summed E-state index contributed by atoms with van der Waals surface area (Å²) in [5.41, 5.74) is 0.500. The summed E-state index contributed by atoms with van der Waals surface area (Å²) >= 11 is 0. The third-order valence-corrected chi connectivity index (χ3v) is 5.59. The minimum atomic E-state index is -0.819. The fraction of sp³-hybridized carbons (Fsp3) is 0.579. The minimum absolute atomic E-state index is 0.107. The molecule has 1 saturated carbocycles. The Morgan fingerprint density at radius 2 is 2.04 bits per heavy atom. The highest BCUT2D eigenvalue weighted by Crippen LogP contribution is 2.32. The monoisotopic (exact) mass is 330 g/mol. The van der Waals surface area contributed by atoms with Crippen molar-refractivity contribution >= 4 is 12.0 Å². The molecule has 0 aromatic heterocycles. The van der Waals surface area contributed by atoms with E-state index in [0.29, 0.717) is 25.4 Å². The zero-order valence-electron chi connectivity index (χ0n) is 14.2. The van der Waals surface area contributed by atoms with Crippen molar-refractivity contribution in [1.82, 2.24) is 10.2 Å². The predicted molar refractivity (Wildman–Crippen MR) is 91.7 cm³/mol. The first-order valence-corrected chi connectivity index (χ1v) is 8.81. The Bertz CT molecular complexity index is 604. The van der Waals surface area contributed by atoms with Crippen molar-refractivity contribution < 1.29 is 14.7 Å². The molecule has 1 heterocycles. The van der Waals surface area contributed by atoms with Crippen LogP contribution in [-0.4, -0.2) is 41.1 Å². The second-order valence-electron chi connectivity index (χ2n) is 7.47. The summed E-state index contributed by atoms with van der Waals surface area (Å²) in [6, 6.07) is 10.5. The fourth-order valence-corrected chi connectivity index (χ4v) is 3.95. The summed E-state index contributed by atoms with van der Waals surface area (Å²) in [5, 5.41) is 12.5. The van der Waals surface area contributed by atoms with Crippen molar-refractivity contribution in [3.63, 3.8) is 0 Å². The summed E-state index contributed by atoms with van der Waals surface area (Å²) in [5.74, 6) is -0.356. The van der Waals surface area contributed by atoms with Gasteiger partial charge in [-0.2, -0.15) is 0 Å². The molecule has 1 saturated heterocycles. The molecule has 2 amide bonds. The first-order chi connectivity index (χ1) is 11.5. The number of rotatable bonds is 4. The second kappa shape index (κ2) is 6.83. The lowest BCUT2D eigenvalue weighted by atomic mass is 9.90. The van der Waals surface area contributed by atoms with Crippen LogP contribution in [0.2, 0.25) is 0 Å². The van der Waals surface area contributed by atoms with E-state index in [1.165, 1.54) is 5.56 Å². The Morgan fingerprint density at radius 3 is 2.71 bits per heavy atom. The van der Waals surface area contributed by atoms with E-state index in [1.807, 2.05) is 6.07 Å². The molecule has 0 radical (unpaired) electrons. The van der Waals surface area contributed by atoms with Gasteiger partial charge in [-0.1, -0.05) is 36.8 Å². The highest BCUT2D eigenvalue weighted by atomic mass is 16.4. The topological polar surface area (TPSA) is 69.6 Å². The Labute approximate surface area is 143 Å². The number of nitrogens with one attached hydrogen (secondary N) is 1. The highest BCUT2D eigenvalue weighted by molar-refractivity contribution is 5.79. The molecule has 24 heavy (non-hydrogen) atoms. The number of carbonyl (C=O) groups excluding carboxylic acids is 1. The molecular weight excluding hydrogens is 304 g/mol. The third kappa shape index (κ3) is 3.55. The van der Waals surface area contributed by atoms with E-state index in [9.17, 15) is 14.7 Å². The maximum Gasteiger partial charge on any atom is 0.317 e. The minimum Gasteiger partial charge on any atom is -0.481 e. The molecule has 3 atom stereocenters. The molecule has 5 heteroatoms. The van der Waals surface area contributed by atoms with Crippen LogP contribution < -0.4 is 5.32 Å². The van der Waals surface area contributed by atoms with Crippen molar-refractivity contribution in [3.05, 3.63) is 35.9 Å². The van der Waals surface area contributed by atoms with Gasteiger partial charge in [0.1, 0.15) is 0 Å². The number of carbonyl (C=O) groups is 2. The number of carboxylic acids is 1. The average Bonchev–Trinajstić information content (AvgIpc) is 3.16. The van der Waals surface area contributed by atoms with E-state index < -0.39 is 11.4 Å². The highest BCUT2D eigenvalue weighted by Gasteiger charge is 2.42. The maximum absolute atomic E-state index is 12.5. The van der Waals surface area contributed by atoms with Gasteiger partial charge in [0.25, 0.3) is 0 Å². The van der Waals surface area contributed by atoms with E-state index in [0.717, 1.165) is 25.7 Å². The van der Waals surface area contributed by atoms with Gasteiger partial charge in [0, 0.05) is 19.1 Å². The fourth-order valence-electron chi connectivity index (χ4n) is 3.95. The second-order valence-corrected chi connectivity index (χ2v) is 7.47. The molecule has 130 valence electrons. The Balaban J connectivity index is 1.57. The number of amides is 2. The van der Waals surface area contributed by atoms with E-state index in [1.54, 1.807) is 11.8 Å². The lowest BCUT2D eigenvalue weighted by Crippen LogP contribution is -2.46. The molecule has 3 rings (SSSR count). The average molecular weight is 330 g/mol. The van der Waals surface area contributed by atoms with Gasteiger partial charge in [0.2, 0.25) is 0 Å². The molecule has 0 spiro atoms. The molecule has 3 unspecified atom stereocenters. The van der Waals surface area contributed by atoms with Crippen molar-refractivity contribution in [2.24, 2.45) is 11.3 Å². The largest absolute Gasteiger partial charge is 0.481 e. The van der Waals surface area contributed by atoms with Crippen molar-refractivity contribution in [2.75, 3.05) is 13.1 Å². The third-order valence-electron chi connectivity index (χ3n) is 5.59. The molecule has 1 aromatic rings. The normalized spacial score (nSPS) is 29.6. The summed E-state index contributed by atoms with van der Waals surface area (Å²) in [6.45, 7) is 2.53. The van der Waals surface area contributed by atoms with Crippen LogP contribution in [-0.2, 0) is 11.2 Å². The van der Waals surface area contributed by atoms with E-state index in [4.69, 9.17) is 0 Å². The Hall–Kier alpha value is -2.04. The molecule has 5 nitrogen and oxygen atoms in total. The number of aliphatic carboxylic acids is 1. The van der Waals surface area contributed by atoms with Crippen LogP contribution in [0.3, 0.4) is 0 Å². The van der Waals surface area contributed by atoms with Gasteiger partial charge in [-0.25, -0.2) is 4.79 Å². The first-order valence-electron chi connectivity index (χ1n) is 8.81.